The Morgan fingerprint density at radius 1 is 0.816 bits per heavy atom. The van der Waals surface area contributed by atoms with Crippen LogP contribution in [0.4, 0.5) is 0 Å². The number of hydrogen-bond donors (Lipinski definition) is 0. The third-order valence-corrected chi connectivity index (χ3v) is 7.58. The summed E-state index contributed by atoms with van der Waals surface area (Å²) in [7, 11) is 2.19. The maximum Gasteiger partial charge on any atom is 0.295 e. The summed E-state index contributed by atoms with van der Waals surface area (Å²) in [5, 5.41) is 11.9. The summed E-state index contributed by atoms with van der Waals surface area (Å²) in [6, 6.07) is 20.3. The van der Waals surface area contributed by atoms with Gasteiger partial charge in [-0.05, 0) is 66.5 Å². The first-order valence-electron chi connectivity index (χ1n) is 13.7. The number of benzene rings is 3. The molecule has 0 aliphatic carbocycles. The Bertz CT molecular complexity index is 1760. The van der Waals surface area contributed by atoms with Crippen LogP contribution in [0, 0.1) is 18.8 Å². The molecule has 0 atom stereocenters. The Labute approximate surface area is 224 Å². The molecular weight excluding hydrogens is 466 g/mol. The van der Waals surface area contributed by atoms with Crippen molar-refractivity contribution < 1.29 is 4.57 Å². The van der Waals surface area contributed by atoms with E-state index in [1.54, 1.807) is 12.7 Å². The second-order valence-electron chi connectivity index (χ2n) is 11.5. The van der Waals surface area contributed by atoms with Crippen molar-refractivity contribution in [1.82, 2.24) is 19.2 Å². The van der Waals surface area contributed by atoms with E-state index in [0.717, 1.165) is 18.5 Å². The van der Waals surface area contributed by atoms with Gasteiger partial charge < -0.3 is 0 Å². The van der Waals surface area contributed by atoms with Gasteiger partial charge in [0, 0.05) is 22.0 Å². The summed E-state index contributed by atoms with van der Waals surface area (Å²) in [5.74, 6) is 1.16. The van der Waals surface area contributed by atoms with E-state index in [1.807, 2.05) is 4.57 Å². The highest BCUT2D eigenvalue weighted by Crippen LogP contribution is 2.37. The average Bonchev–Trinajstić information content (AvgIpc) is 3.52. The summed E-state index contributed by atoms with van der Waals surface area (Å²) < 4.78 is 6.80. The molecule has 0 amide bonds. The van der Waals surface area contributed by atoms with Crippen LogP contribution >= 0.6 is 0 Å². The Morgan fingerprint density at radius 2 is 1.47 bits per heavy atom. The molecule has 0 bridgehead atoms. The number of rotatable bonds is 6. The first-order chi connectivity index (χ1) is 18.3. The molecule has 0 unspecified atom stereocenters. The van der Waals surface area contributed by atoms with E-state index in [0.29, 0.717) is 11.8 Å². The largest absolute Gasteiger partial charge is 0.295 e. The highest BCUT2D eigenvalue weighted by atomic mass is 15.2. The van der Waals surface area contributed by atoms with Crippen molar-refractivity contribution in [3.05, 3.63) is 90.1 Å². The van der Waals surface area contributed by atoms with Crippen molar-refractivity contribution in [1.29, 1.82) is 0 Å². The second kappa shape index (κ2) is 9.39. The van der Waals surface area contributed by atoms with E-state index in [-0.39, 0.29) is 0 Å². The van der Waals surface area contributed by atoms with Crippen molar-refractivity contribution in [3.63, 3.8) is 0 Å². The zero-order valence-electron chi connectivity index (χ0n) is 23.2. The lowest BCUT2D eigenvalue weighted by Crippen LogP contribution is -2.26. The lowest BCUT2D eigenvalue weighted by molar-refractivity contribution is -0.643. The number of pyridine rings is 1. The molecule has 0 aliphatic heterocycles. The van der Waals surface area contributed by atoms with Crippen molar-refractivity contribution in [3.8, 4) is 16.9 Å². The van der Waals surface area contributed by atoms with Crippen molar-refractivity contribution in [2.45, 2.75) is 47.5 Å². The van der Waals surface area contributed by atoms with Gasteiger partial charge in [0.1, 0.15) is 24.4 Å². The van der Waals surface area contributed by atoms with E-state index in [1.165, 1.54) is 55.3 Å². The fraction of sp³-hybridized carbons (Fsp3) is 0.303. The first kappa shape index (κ1) is 24.4. The summed E-state index contributed by atoms with van der Waals surface area (Å²) >= 11 is 0. The van der Waals surface area contributed by atoms with Gasteiger partial charge in [0.05, 0.1) is 12.4 Å². The average molecular weight is 503 g/mol. The van der Waals surface area contributed by atoms with Crippen LogP contribution in [0.3, 0.4) is 0 Å². The Morgan fingerprint density at radius 3 is 2.13 bits per heavy atom. The fourth-order valence-electron chi connectivity index (χ4n) is 6.10. The van der Waals surface area contributed by atoms with Gasteiger partial charge in [0.2, 0.25) is 0 Å². The monoisotopic (exact) mass is 502 g/mol. The molecule has 6 rings (SSSR count). The molecule has 0 aliphatic rings. The minimum absolute atomic E-state index is 0.578. The quantitative estimate of drug-likeness (QED) is 0.181. The number of aryl methyl sites for hydroxylation is 2. The number of hydrogen-bond acceptors (Lipinski definition) is 2. The van der Waals surface area contributed by atoms with Crippen molar-refractivity contribution in [2.24, 2.45) is 18.9 Å². The predicted octanol–water partition coefficient (Wildman–Crippen LogP) is 7.02. The maximum atomic E-state index is 4.03. The van der Waals surface area contributed by atoms with Crippen LogP contribution in [-0.4, -0.2) is 19.2 Å². The number of aromatic nitrogens is 5. The van der Waals surface area contributed by atoms with Gasteiger partial charge in [-0.25, -0.2) is 4.57 Å². The molecule has 192 valence electrons. The lowest BCUT2D eigenvalue weighted by atomic mass is 9.89. The molecule has 0 radical (unpaired) electrons. The van der Waals surface area contributed by atoms with Crippen LogP contribution in [0.5, 0.6) is 0 Å². The molecular formula is C33H36N5+. The Kier molecular flexibility index (Phi) is 6.02. The van der Waals surface area contributed by atoms with E-state index in [2.05, 4.69) is 122 Å². The van der Waals surface area contributed by atoms with Crippen molar-refractivity contribution >= 4 is 27.3 Å². The van der Waals surface area contributed by atoms with Crippen LogP contribution < -0.4 is 4.57 Å². The van der Waals surface area contributed by atoms with E-state index in [4.69, 9.17) is 0 Å². The van der Waals surface area contributed by atoms with Gasteiger partial charge in [-0.3, -0.25) is 4.57 Å². The summed E-state index contributed by atoms with van der Waals surface area (Å²) in [4.78, 5) is 0. The van der Waals surface area contributed by atoms with Gasteiger partial charge in [-0.1, -0.05) is 64.1 Å². The first-order valence-corrected chi connectivity index (χ1v) is 13.7. The van der Waals surface area contributed by atoms with Crippen molar-refractivity contribution in [2.75, 3.05) is 0 Å². The second-order valence-corrected chi connectivity index (χ2v) is 11.5. The van der Waals surface area contributed by atoms with E-state index in [9.17, 15) is 0 Å². The molecule has 5 heteroatoms. The van der Waals surface area contributed by atoms with Gasteiger partial charge >= 0.3 is 0 Å². The predicted molar refractivity (Wildman–Crippen MR) is 156 cm³/mol. The summed E-state index contributed by atoms with van der Waals surface area (Å²) in [6.07, 6.45) is 7.97. The summed E-state index contributed by atoms with van der Waals surface area (Å²) in [5.41, 5.74) is 10.3. The zero-order valence-corrected chi connectivity index (χ0v) is 23.2. The highest BCUT2D eigenvalue weighted by Gasteiger charge is 2.27. The van der Waals surface area contributed by atoms with Crippen LogP contribution in [0.25, 0.3) is 44.3 Å². The lowest BCUT2D eigenvalue weighted by Gasteiger charge is -2.16. The maximum absolute atomic E-state index is 4.03. The zero-order chi connectivity index (χ0) is 26.6. The molecule has 3 aromatic carbocycles. The smallest absolute Gasteiger partial charge is 0.288 e. The molecule has 0 saturated heterocycles. The SMILES string of the molecule is Cc1cccc2c3cc(-n4cnnc4)ccc3n3c(-c4c(CC(C)C)cccc4CC(C)C)c[n+](C)c3c12. The van der Waals surface area contributed by atoms with Gasteiger partial charge in [-0.15, -0.1) is 10.2 Å². The number of nitrogens with zero attached hydrogens (tertiary/aromatic N) is 5. The minimum Gasteiger partial charge on any atom is -0.288 e. The van der Waals surface area contributed by atoms with Crippen LogP contribution in [0.15, 0.2) is 73.4 Å². The molecule has 6 aromatic rings. The Balaban J connectivity index is 1.78. The molecule has 3 aromatic heterocycles. The molecule has 5 nitrogen and oxygen atoms in total. The number of imidazole rings is 1. The Hall–Kier alpha value is -3.99. The molecule has 0 N–H and O–H groups in total. The van der Waals surface area contributed by atoms with Gasteiger partial charge in [-0.2, -0.15) is 4.40 Å². The van der Waals surface area contributed by atoms with E-state index < -0.39 is 0 Å². The highest BCUT2D eigenvalue weighted by molar-refractivity contribution is 6.13. The minimum atomic E-state index is 0.578. The molecule has 3 heterocycles. The third kappa shape index (κ3) is 3.97. The van der Waals surface area contributed by atoms with Crippen LogP contribution in [-0.2, 0) is 19.9 Å². The molecule has 0 spiro atoms. The van der Waals surface area contributed by atoms with Crippen LogP contribution in [0.1, 0.15) is 44.4 Å². The topological polar surface area (TPSA) is 39.0 Å². The standard InChI is InChI=1S/C33H36N5/c1-21(2)15-24-10-8-11-25(16-22(3)4)32(24)30-18-36(6)33-31-23(5)9-7-12-27(31)28-17-26(37-19-34-35-20-37)13-14-29(28)38(30)33/h7-14,17-22H,15-16H2,1-6H3/q+1. The fourth-order valence-corrected chi connectivity index (χ4v) is 6.10. The van der Waals surface area contributed by atoms with E-state index >= 15 is 0 Å². The normalized spacial score (nSPS) is 12.1. The van der Waals surface area contributed by atoms with Crippen LogP contribution in [0.2, 0.25) is 0 Å². The molecule has 0 fully saturated rings. The van der Waals surface area contributed by atoms with Gasteiger partial charge in [0.15, 0.2) is 5.69 Å². The number of fused-ring (bicyclic) bond motifs is 6. The third-order valence-electron chi connectivity index (χ3n) is 7.58. The summed E-state index contributed by atoms with van der Waals surface area (Å²) in [6.45, 7) is 11.5. The van der Waals surface area contributed by atoms with Gasteiger partial charge in [0.25, 0.3) is 5.65 Å². The molecule has 38 heavy (non-hydrogen) atoms. The molecule has 0 saturated carbocycles.